The molecule has 1 aliphatic heterocycles. The molecular formula is C30H35ClN4O5S. The van der Waals surface area contributed by atoms with Gasteiger partial charge in [0.05, 0.1) is 16.6 Å². The Hall–Kier alpha value is -3.63. The number of para-hydroxylation sites is 1. The molecule has 2 aromatic carbocycles. The summed E-state index contributed by atoms with van der Waals surface area (Å²) in [6, 6.07) is 14.3. The molecule has 0 atom stereocenters. The smallest absolute Gasteiger partial charge is 0.270 e. The van der Waals surface area contributed by atoms with Crippen molar-refractivity contribution in [1.82, 2.24) is 15.2 Å². The molecule has 218 valence electrons. The Bertz CT molecular complexity index is 1370. The first kappa shape index (κ1) is 30.3. The molecular weight excluding hydrogens is 564 g/mol. The van der Waals surface area contributed by atoms with E-state index in [0.717, 1.165) is 17.8 Å². The molecule has 2 N–H and O–H groups in total. The summed E-state index contributed by atoms with van der Waals surface area (Å²) in [4.78, 5) is 43.5. The first-order valence-corrected chi connectivity index (χ1v) is 14.8. The number of hydrogen-bond acceptors (Lipinski definition) is 7. The molecule has 1 aliphatic rings. The van der Waals surface area contributed by atoms with Crippen LogP contribution >= 0.6 is 22.9 Å². The Morgan fingerprint density at radius 3 is 2.61 bits per heavy atom. The summed E-state index contributed by atoms with van der Waals surface area (Å²) >= 11 is 7.69. The lowest BCUT2D eigenvalue weighted by Crippen LogP contribution is -2.51. The highest BCUT2D eigenvalue weighted by Crippen LogP contribution is 2.33. The molecule has 0 bridgehead atoms. The highest BCUT2D eigenvalue weighted by Gasteiger charge is 2.37. The zero-order chi connectivity index (χ0) is 29.4. The van der Waals surface area contributed by atoms with E-state index in [1.165, 1.54) is 18.3 Å². The van der Waals surface area contributed by atoms with Crippen LogP contribution in [0.25, 0.3) is 0 Å². The standard InChI is InChI=1S/C30H35ClN4O5S/c1-20(36)33-22-8-6-9-23(18-22)39-17-7-14-32-27(37)25-19-41-28(34-25)21-12-15-35(16-13-21)29(38)30(2,3)40-26-11-5-4-10-24(26)31/h4-6,8-11,18-19,21H,7,12-17H2,1-3H3,(H,32,37)(H,33,36). The summed E-state index contributed by atoms with van der Waals surface area (Å²) in [5.41, 5.74) is 0.0272. The van der Waals surface area contributed by atoms with E-state index in [-0.39, 0.29) is 23.6 Å². The lowest BCUT2D eigenvalue weighted by Gasteiger charge is -2.36. The quantitative estimate of drug-likeness (QED) is 0.281. The van der Waals surface area contributed by atoms with Crippen molar-refractivity contribution in [3.63, 3.8) is 0 Å². The third kappa shape index (κ3) is 8.43. The lowest BCUT2D eigenvalue weighted by molar-refractivity contribution is -0.146. The van der Waals surface area contributed by atoms with E-state index in [1.807, 2.05) is 29.2 Å². The molecule has 3 amide bonds. The second-order valence-corrected chi connectivity index (χ2v) is 11.6. The fourth-order valence-corrected chi connectivity index (χ4v) is 5.70. The summed E-state index contributed by atoms with van der Waals surface area (Å²) in [5, 5.41) is 8.78. The highest BCUT2D eigenvalue weighted by atomic mass is 35.5. The van der Waals surface area contributed by atoms with E-state index in [0.29, 0.717) is 60.6 Å². The van der Waals surface area contributed by atoms with Gasteiger partial charge in [-0.05, 0) is 57.4 Å². The number of benzene rings is 2. The zero-order valence-corrected chi connectivity index (χ0v) is 25.0. The SMILES string of the molecule is CC(=O)Nc1cccc(OCCCNC(=O)c2csc(C3CCN(C(=O)C(C)(C)Oc4ccccc4Cl)CC3)n2)c1. The van der Waals surface area contributed by atoms with Crippen molar-refractivity contribution in [2.24, 2.45) is 0 Å². The van der Waals surface area contributed by atoms with Crippen molar-refractivity contribution >= 4 is 46.3 Å². The van der Waals surface area contributed by atoms with Crippen molar-refractivity contribution in [2.45, 2.75) is 51.6 Å². The van der Waals surface area contributed by atoms with Gasteiger partial charge in [-0.2, -0.15) is 0 Å². The van der Waals surface area contributed by atoms with Gasteiger partial charge in [-0.15, -0.1) is 11.3 Å². The fraction of sp³-hybridized carbons (Fsp3) is 0.400. The summed E-state index contributed by atoms with van der Waals surface area (Å²) in [5.74, 6) is 0.883. The first-order chi connectivity index (χ1) is 19.6. The van der Waals surface area contributed by atoms with Crippen LogP contribution in [0.4, 0.5) is 5.69 Å². The maximum Gasteiger partial charge on any atom is 0.270 e. The monoisotopic (exact) mass is 598 g/mol. The highest BCUT2D eigenvalue weighted by molar-refractivity contribution is 7.09. The molecule has 0 aliphatic carbocycles. The second kappa shape index (κ2) is 13.8. The van der Waals surface area contributed by atoms with E-state index in [1.54, 1.807) is 43.5 Å². The number of piperidine rings is 1. The van der Waals surface area contributed by atoms with E-state index in [9.17, 15) is 14.4 Å². The number of thiazole rings is 1. The van der Waals surface area contributed by atoms with Gasteiger partial charge in [-0.1, -0.05) is 29.8 Å². The van der Waals surface area contributed by atoms with Crippen molar-refractivity contribution in [3.05, 3.63) is 69.6 Å². The summed E-state index contributed by atoms with van der Waals surface area (Å²) in [6.45, 7) is 7.02. The van der Waals surface area contributed by atoms with E-state index >= 15 is 0 Å². The average molecular weight is 599 g/mol. The molecule has 3 aromatic rings. The molecule has 1 fully saturated rings. The molecule has 11 heteroatoms. The molecule has 0 unspecified atom stereocenters. The van der Waals surface area contributed by atoms with Crippen molar-refractivity contribution in [1.29, 1.82) is 0 Å². The molecule has 41 heavy (non-hydrogen) atoms. The van der Waals surface area contributed by atoms with Gasteiger partial charge in [-0.3, -0.25) is 14.4 Å². The second-order valence-electron chi connectivity index (χ2n) is 10.3. The topological polar surface area (TPSA) is 110 Å². The number of nitrogens with one attached hydrogen (secondary N) is 2. The van der Waals surface area contributed by atoms with Crippen LogP contribution in [-0.4, -0.2) is 59.4 Å². The van der Waals surface area contributed by atoms with Gasteiger partial charge in [0.25, 0.3) is 11.8 Å². The number of likely N-dealkylation sites (tertiary alicyclic amines) is 1. The van der Waals surface area contributed by atoms with Crippen LogP contribution in [0, 0.1) is 0 Å². The Morgan fingerprint density at radius 2 is 1.88 bits per heavy atom. The number of halogens is 1. The van der Waals surface area contributed by atoms with Crippen LogP contribution in [0.5, 0.6) is 11.5 Å². The average Bonchev–Trinajstić information content (AvgIpc) is 3.44. The Labute approximate surface area is 249 Å². The molecule has 1 aromatic heterocycles. The fourth-order valence-electron chi connectivity index (χ4n) is 4.56. The summed E-state index contributed by atoms with van der Waals surface area (Å²) in [7, 11) is 0. The number of nitrogens with zero attached hydrogens (tertiary/aromatic N) is 2. The maximum absolute atomic E-state index is 13.2. The number of anilines is 1. The van der Waals surface area contributed by atoms with Gasteiger partial charge >= 0.3 is 0 Å². The van der Waals surface area contributed by atoms with Gasteiger partial charge in [0.15, 0.2) is 5.60 Å². The molecule has 0 radical (unpaired) electrons. The molecule has 1 saturated heterocycles. The minimum Gasteiger partial charge on any atom is -0.493 e. The molecule has 0 saturated carbocycles. The van der Waals surface area contributed by atoms with Gasteiger partial charge < -0.3 is 25.0 Å². The normalized spacial score (nSPS) is 13.9. The van der Waals surface area contributed by atoms with Gasteiger partial charge in [-0.25, -0.2) is 4.98 Å². The Morgan fingerprint density at radius 1 is 1.12 bits per heavy atom. The third-order valence-corrected chi connectivity index (χ3v) is 7.95. The molecule has 9 nitrogen and oxygen atoms in total. The van der Waals surface area contributed by atoms with Crippen molar-refractivity contribution in [2.75, 3.05) is 31.6 Å². The molecule has 0 spiro atoms. The minimum atomic E-state index is -1.05. The predicted molar refractivity (Wildman–Crippen MR) is 160 cm³/mol. The van der Waals surface area contributed by atoms with Crippen LogP contribution < -0.4 is 20.1 Å². The number of aromatic nitrogens is 1. The van der Waals surface area contributed by atoms with Crippen LogP contribution in [-0.2, 0) is 9.59 Å². The van der Waals surface area contributed by atoms with Crippen LogP contribution in [0.15, 0.2) is 53.9 Å². The number of ether oxygens (including phenoxy) is 2. The largest absolute Gasteiger partial charge is 0.493 e. The lowest BCUT2D eigenvalue weighted by atomic mass is 9.96. The Kier molecular flexibility index (Phi) is 10.2. The van der Waals surface area contributed by atoms with E-state index in [4.69, 9.17) is 21.1 Å². The van der Waals surface area contributed by atoms with Gasteiger partial charge in [0, 0.05) is 49.6 Å². The maximum atomic E-state index is 13.2. The minimum absolute atomic E-state index is 0.0838. The van der Waals surface area contributed by atoms with E-state index < -0.39 is 5.60 Å². The Balaban J connectivity index is 1.19. The molecule has 2 heterocycles. The van der Waals surface area contributed by atoms with Gasteiger partial charge in [0.2, 0.25) is 5.91 Å². The molecule has 4 rings (SSSR count). The van der Waals surface area contributed by atoms with Crippen LogP contribution in [0.2, 0.25) is 5.02 Å². The third-order valence-electron chi connectivity index (χ3n) is 6.63. The number of carbonyl (C=O) groups is 3. The van der Waals surface area contributed by atoms with E-state index in [2.05, 4.69) is 15.6 Å². The van der Waals surface area contributed by atoms with Crippen LogP contribution in [0.1, 0.15) is 61.4 Å². The number of carbonyl (C=O) groups excluding carboxylic acids is 3. The number of hydrogen-bond donors (Lipinski definition) is 2. The van der Waals surface area contributed by atoms with Crippen molar-refractivity contribution in [3.8, 4) is 11.5 Å². The predicted octanol–water partition coefficient (Wildman–Crippen LogP) is 5.52. The summed E-state index contributed by atoms with van der Waals surface area (Å²) < 4.78 is 11.7. The zero-order valence-electron chi connectivity index (χ0n) is 23.4. The van der Waals surface area contributed by atoms with Crippen LogP contribution in [0.3, 0.4) is 0 Å². The number of amides is 3. The summed E-state index contributed by atoms with van der Waals surface area (Å²) in [6.07, 6.45) is 2.15. The van der Waals surface area contributed by atoms with Crippen molar-refractivity contribution < 1.29 is 23.9 Å². The first-order valence-electron chi connectivity index (χ1n) is 13.6. The number of rotatable bonds is 11. The van der Waals surface area contributed by atoms with Gasteiger partial charge in [0.1, 0.15) is 17.2 Å².